The topological polar surface area (TPSA) is 52.9 Å². The molecule has 1 amide bonds. The van der Waals surface area contributed by atoms with Gasteiger partial charge in [-0.05, 0) is 40.8 Å². The molecule has 1 rings (SSSR count). The predicted octanol–water partition coefficient (Wildman–Crippen LogP) is 3.16. The van der Waals surface area contributed by atoms with Gasteiger partial charge in [0.2, 0.25) is 5.91 Å². The molecule has 0 heterocycles. The monoisotopic (exact) mass is 354 g/mol. The molecule has 0 aliphatic rings. The summed E-state index contributed by atoms with van der Waals surface area (Å²) in [7, 11) is 0. The van der Waals surface area contributed by atoms with E-state index in [2.05, 4.69) is 5.32 Å². The highest BCUT2D eigenvalue weighted by Gasteiger charge is 2.33. The van der Waals surface area contributed by atoms with Gasteiger partial charge in [-0.3, -0.25) is 4.79 Å². The van der Waals surface area contributed by atoms with Crippen LogP contribution in [0.4, 0.5) is 18.9 Å². The van der Waals surface area contributed by atoms with Crippen molar-refractivity contribution in [2.45, 2.75) is 12.6 Å². The van der Waals surface area contributed by atoms with E-state index in [0.29, 0.717) is 0 Å². The Hall–Kier alpha value is -1.30. The maximum absolute atomic E-state index is 12.5. The maximum Gasteiger partial charge on any atom is 0.417 e. The Morgan fingerprint density at radius 2 is 2.12 bits per heavy atom. The fourth-order valence-corrected chi connectivity index (χ4v) is 1.74. The van der Waals surface area contributed by atoms with E-state index in [1.54, 1.807) is 28.7 Å². The lowest BCUT2D eigenvalue weighted by Gasteiger charge is -2.11. The largest absolute Gasteiger partial charge is 0.417 e. The first kappa shape index (κ1) is 13.8. The Bertz CT molecular complexity index is 479. The summed E-state index contributed by atoms with van der Waals surface area (Å²) in [6, 6.07) is 5.06. The number of carbonyl (C=O) groups is 1. The van der Waals surface area contributed by atoms with E-state index in [1.807, 2.05) is 0 Å². The second-order valence-corrected chi connectivity index (χ2v) is 4.24. The van der Waals surface area contributed by atoms with Crippen LogP contribution in [0.3, 0.4) is 0 Å². The molecule has 0 atom stereocenters. The van der Waals surface area contributed by atoms with E-state index in [0.717, 1.165) is 6.07 Å². The van der Waals surface area contributed by atoms with Crippen LogP contribution in [0.2, 0.25) is 0 Å². The van der Waals surface area contributed by atoms with E-state index >= 15 is 0 Å². The minimum atomic E-state index is -4.47. The third-order valence-electron chi connectivity index (χ3n) is 1.80. The van der Waals surface area contributed by atoms with Crippen molar-refractivity contribution in [3.63, 3.8) is 0 Å². The number of anilines is 1. The number of hydrogen-bond donors (Lipinski definition) is 1. The van der Waals surface area contributed by atoms with Crippen molar-refractivity contribution in [3.8, 4) is 6.07 Å². The number of halogens is 4. The van der Waals surface area contributed by atoms with Crippen LogP contribution in [0.1, 0.15) is 12.0 Å². The molecule has 0 unspecified atom stereocenters. The summed E-state index contributed by atoms with van der Waals surface area (Å²) in [5.74, 6) is -0.637. The number of nitrogens with one attached hydrogen (secondary N) is 1. The molecule has 0 radical (unpaired) electrons. The molecule has 1 N–H and O–H groups in total. The first-order valence-electron chi connectivity index (χ1n) is 4.38. The number of nitrogens with zero attached hydrogens (tertiary/aromatic N) is 1. The third-order valence-corrected chi connectivity index (χ3v) is 2.74. The molecule has 1 aromatic carbocycles. The fourth-order valence-electron chi connectivity index (χ4n) is 1.10. The van der Waals surface area contributed by atoms with Crippen molar-refractivity contribution in [1.82, 2.24) is 0 Å². The highest BCUT2D eigenvalue weighted by atomic mass is 127. The van der Waals surface area contributed by atoms with Crippen molar-refractivity contribution in [3.05, 3.63) is 27.3 Å². The summed E-state index contributed by atoms with van der Waals surface area (Å²) in [4.78, 5) is 11.0. The van der Waals surface area contributed by atoms with Crippen molar-refractivity contribution >= 4 is 34.2 Å². The molecule has 0 aliphatic heterocycles. The number of carbonyl (C=O) groups excluding carboxylic acids is 1. The van der Waals surface area contributed by atoms with Crippen molar-refractivity contribution in [2.24, 2.45) is 0 Å². The molecular formula is C10H6F3IN2O. The molecule has 0 saturated carbocycles. The SMILES string of the molecule is N#CCC(=O)Nc1ccc(I)c(C(F)(F)F)c1. The Morgan fingerprint density at radius 3 is 2.65 bits per heavy atom. The Kier molecular flexibility index (Phi) is 4.34. The van der Waals surface area contributed by atoms with Crippen molar-refractivity contribution in [1.29, 1.82) is 5.26 Å². The third kappa shape index (κ3) is 3.89. The molecule has 3 nitrogen and oxygen atoms in total. The lowest BCUT2D eigenvalue weighted by atomic mass is 10.2. The van der Waals surface area contributed by atoms with Gasteiger partial charge >= 0.3 is 6.18 Å². The summed E-state index contributed by atoms with van der Waals surface area (Å²) < 4.78 is 37.7. The number of amides is 1. The Morgan fingerprint density at radius 1 is 1.47 bits per heavy atom. The Balaban J connectivity index is 2.98. The van der Waals surface area contributed by atoms with Crippen molar-refractivity contribution in [2.75, 3.05) is 5.32 Å². The van der Waals surface area contributed by atoms with Gasteiger partial charge in [-0.2, -0.15) is 18.4 Å². The summed E-state index contributed by atoms with van der Waals surface area (Å²) in [5.41, 5.74) is -0.786. The molecule has 90 valence electrons. The normalized spacial score (nSPS) is 10.8. The summed E-state index contributed by atoms with van der Waals surface area (Å²) in [5, 5.41) is 10.5. The first-order chi connectivity index (χ1) is 7.84. The van der Waals surface area contributed by atoms with Crippen LogP contribution in [0, 0.1) is 14.9 Å². The van der Waals surface area contributed by atoms with Crippen LogP contribution in [-0.2, 0) is 11.0 Å². The second-order valence-electron chi connectivity index (χ2n) is 3.08. The predicted molar refractivity (Wildman–Crippen MR) is 63.0 cm³/mol. The van der Waals surface area contributed by atoms with E-state index in [-0.39, 0.29) is 9.26 Å². The van der Waals surface area contributed by atoms with Gasteiger partial charge in [-0.1, -0.05) is 0 Å². The molecule has 0 bridgehead atoms. The first-order valence-corrected chi connectivity index (χ1v) is 5.46. The molecular weight excluding hydrogens is 348 g/mol. The maximum atomic E-state index is 12.5. The molecule has 17 heavy (non-hydrogen) atoms. The average molecular weight is 354 g/mol. The van der Waals surface area contributed by atoms with Crippen molar-refractivity contribution < 1.29 is 18.0 Å². The van der Waals surface area contributed by atoms with Crippen LogP contribution < -0.4 is 5.32 Å². The van der Waals surface area contributed by atoms with Gasteiger partial charge in [0.1, 0.15) is 6.42 Å². The highest BCUT2D eigenvalue weighted by Crippen LogP contribution is 2.34. The average Bonchev–Trinajstić information content (AvgIpc) is 2.19. The molecule has 0 spiro atoms. The lowest BCUT2D eigenvalue weighted by molar-refractivity contribution is -0.138. The second kappa shape index (κ2) is 5.35. The number of alkyl halides is 3. The highest BCUT2D eigenvalue weighted by molar-refractivity contribution is 14.1. The van der Waals surface area contributed by atoms with Gasteiger partial charge < -0.3 is 5.32 Å². The van der Waals surface area contributed by atoms with E-state index in [1.165, 1.54) is 12.1 Å². The smallest absolute Gasteiger partial charge is 0.325 e. The van der Waals surface area contributed by atoms with E-state index in [4.69, 9.17) is 5.26 Å². The van der Waals surface area contributed by atoms with Gasteiger partial charge in [-0.25, -0.2) is 0 Å². The number of hydrogen-bond acceptors (Lipinski definition) is 2. The molecule has 0 aromatic heterocycles. The standard InChI is InChI=1S/C10H6F3IN2O/c11-10(12,13)7-5-6(1-2-8(7)14)16-9(17)3-4-15/h1-2,5H,3H2,(H,16,17). The van der Waals surface area contributed by atoms with Crippen LogP contribution >= 0.6 is 22.6 Å². The van der Waals surface area contributed by atoms with E-state index < -0.39 is 24.1 Å². The van der Waals surface area contributed by atoms with Crippen LogP contribution in [0.15, 0.2) is 18.2 Å². The fraction of sp³-hybridized carbons (Fsp3) is 0.200. The van der Waals surface area contributed by atoms with Gasteiger partial charge in [0.05, 0.1) is 11.6 Å². The number of benzene rings is 1. The zero-order chi connectivity index (χ0) is 13.1. The summed E-state index contributed by atoms with van der Waals surface area (Å²) >= 11 is 1.57. The number of rotatable bonds is 2. The lowest BCUT2D eigenvalue weighted by Crippen LogP contribution is -2.13. The van der Waals surface area contributed by atoms with E-state index in [9.17, 15) is 18.0 Å². The van der Waals surface area contributed by atoms with Gasteiger partial charge in [-0.15, -0.1) is 0 Å². The molecule has 0 aliphatic carbocycles. The zero-order valence-corrected chi connectivity index (χ0v) is 10.5. The van der Waals surface area contributed by atoms with Crippen LogP contribution in [-0.4, -0.2) is 5.91 Å². The quantitative estimate of drug-likeness (QED) is 0.830. The molecule has 7 heteroatoms. The van der Waals surface area contributed by atoms with Gasteiger partial charge in [0, 0.05) is 9.26 Å². The minimum Gasteiger partial charge on any atom is -0.325 e. The van der Waals surface area contributed by atoms with Crippen LogP contribution in [0.25, 0.3) is 0 Å². The summed E-state index contributed by atoms with van der Waals surface area (Å²) in [6.45, 7) is 0. The van der Waals surface area contributed by atoms with Gasteiger partial charge in [0.15, 0.2) is 0 Å². The van der Waals surface area contributed by atoms with Gasteiger partial charge in [0.25, 0.3) is 0 Å². The summed E-state index contributed by atoms with van der Waals surface area (Å²) in [6.07, 6.45) is -4.86. The van der Waals surface area contributed by atoms with Crippen LogP contribution in [0.5, 0.6) is 0 Å². The number of nitriles is 1. The molecule has 1 aromatic rings. The molecule has 0 saturated heterocycles. The minimum absolute atomic E-state index is 0.0259. The Labute approximate surface area is 109 Å². The zero-order valence-electron chi connectivity index (χ0n) is 8.31. The molecule has 0 fully saturated rings.